The van der Waals surface area contributed by atoms with E-state index in [4.69, 9.17) is 5.26 Å². The van der Waals surface area contributed by atoms with Gasteiger partial charge in [0.25, 0.3) is 0 Å². The number of nitriles is 1. The van der Waals surface area contributed by atoms with E-state index in [2.05, 4.69) is 12.1 Å². The molecule has 3 nitrogen and oxygen atoms in total. The van der Waals surface area contributed by atoms with Crippen molar-refractivity contribution in [1.29, 1.82) is 5.26 Å². The molecule has 0 saturated carbocycles. The van der Waals surface area contributed by atoms with Gasteiger partial charge in [-0.1, -0.05) is 6.07 Å². The SMILES string of the molecule is CN(C(=O)CCC#N)c1ccc2c(c1)CCCC2. The van der Waals surface area contributed by atoms with Gasteiger partial charge in [-0.05, 0) is 48.9 Å². The Balaban J connectivity index is 2.13. The highest BCUT2D eigenvalue weighted by atomic mass is 16.2. The summed E-state index contributed by atoms with van der Waals surface area (Å²) in [7, 11) is 1.78. The molecule has 3 heteroatoms. The van der Waals surface area contributed by atoms with Gasteiger partial charge in [0.1, 0.15) is 0 Å². The summed E-state index contributed by atoms with van der Waals surface area (Å²) in [5.74, 6) is 0.00677. The summed E-state index contributed by atoms with van der Waals surface area (Å²) in [6, 6.07) is 8.28. The summed E-state index contributed by atoms with van der Waals surface area (Å²) < 4.78 is 0. The Morgan fingerprint density at radius 1 is 1.33 bits per heavy atom. The van der Waals surface area contributed by atoms with Crippen LogP contribution in [-0.2, 0) is 17.6 Å². The van der Waals surface area contributed by atoms with Crippen LogP contribution in [0.25, 0.3) is 0 Å². The van der Waals surface area contributed by atoms with E-state index < -0.39 is 0 Å². The summed E-state index contributed by atoms with van der Waals surface area (Å²) in [5, 5.41) is 8.50. The number of carbonyl (C=O) groups is 1. The molecule has 1 aliphatic rings. The van der Waals surface area contributed by atoms with Crippen molar-refractivity contribution in [2.75, 3.05) is 11.9 Å². The molecule has 1 amide bonds. The van der Waals surface area contributed by atoms with E-state index in [1.54, 1.807) is 11.9 Å². The van der Waals surface area contributed by atoms with Gasteiger partial charge in [0.2, 0.25) is 5.91 Å². The number of carbonyl (C=O) groups excluding carboxylic acids is 1. The normalized spacial score (nSPS) is 13.6. The quantitative estimate of drug-likeness (QED) is 0.818. The minimum atomic E-state index is 0.00677. The van der Waals surface area contributed by atoms with Gasteiger partial charge in [0, 0.05) is 25.6 Å². The van der Waals surface area contributed by atoms with Crippen LogP contribution in [0.1, 0.15) is 36.8 Å². The molecule has 1 aromatic rings. The number of hydrogen-bond acceptors (Lipinski definition) is 2. The van der Waals surface area contributed by atoms with Crippen LogP contribution >= 0.6 is 0 Å². The van der Waals surface area contributed by atoms with Crippen molar-refractivity contribution in [2.45, 2.75) is 38.5 Å². The van der Waals surface area contributed by atoms with Gasteiger partial charge in [-0.25, -0.2) is 0 Å². The molecule has 0 fully saturated rings. The highest BCUT2D eigenvalue weighted by Gasteiger charge is 2.14. The average molecular weight is 242 g/mol. The first-order valence-electron chi connectivity index (χ1n) is 6.47. The lowest BCUT2D eigenvalue weighted by Crippen LogP contribution is -2.26. The lowest BCUT2D eigenvalue weighted by molar-refractivity contribution is -0.118. The van der Waals surface area contributed by atoms with Gasteiger partial charge < -0.3 is 4.90 Å². The van der Waals surface area contributed by atoms with E-state index >= 15 is 0 Å². The first-order valence-corrected chi connectivity index (χ1v) is 6.47. The van der Waals surface area contributed by atoms with Crippen LogP contribution in [0, 0.1) is 11.3 Å². The molecule has 0 saturated heterocycles. The third-order valence-electron chi connectivity index (χ3n) is 3.54. The van der Waals surface area contributed by atoms with Crippen molar-refractivity contribution >= 4 is 11.6 Å². The number of benzene rings is 1. The van der Waals surface area contributed by atoms with Gasteiger partial charge >= 0.3 is 0 Å². The molecule has 0 unspecified atom stereocenters. The first-order chi connectivity index (χ1) is 8.72. The van der Waals surface area contributed by atoms with Crippen LogP contribution in [0.15, 0.2) is 18.2 Å². The fraction of sp³-hybridized carbons (Fsp3) is 0.467. The molecule has 0 bridgehead atoms. The van der Waals surface area contributed by atoms with Gasteiger partial charge in [-0.15, -0.1) is 0 Å². The topological polar surface area (TPSA) is 44.1 Å². The largest absolute Gasteiger partial charge is 0.315 e. The summed E-state index contributed by atoms with van der Waals surface area (Å²) in [5.41, 5.74) is 3.74. The molecule has 0 radical (unpaired) electrons. The summed E-state index contributed by atoms with van der Waals surface area (Å²) in [4.78, 5) is 13.5. The molecule has 0 aromatic heterocycles. The maximum absolute atomic E-state index is 11.8. The lowest BCUT2D eigenvalue weighted by atomic mass is 9.91. The fourth-order valence-electron chi connectivity index (χ4n) is 2.40. The molecule has 0 spiro atoms. The van der Waals surface area contributed by atoms with E-state index in [9.17, 15) is 4.79 Å². The number of hydrogen-bond donors (Lipinski definition) is 0. The number of anilines is 1. The second-order valence-electron chi connectivity index (χ2n) is 4.77. The van der Waals surface area contributed by atoms with Gasteiger partial charge in [0.05, 0.1) is 6.07 Å². The van der Waals surface area contributed by atoms with Crippen LogP contribution < -0.4 is 4.90 Å². The van der Waals surface area contributed by atoms with E-state index in [0.29, 0.717) is 6.42 Å². The van der Waals surface area contributed by atoms with Crippen LogP contribution in [0.2, 0.25) is 0 Å². The fourth-order valence-corrected chi connectivity index (χ4v) is 2.40. The van der Waals surface area contributed by atoms with Gasteiger partial charge in [0.15, 0.2) is 0 Å². The van der Waals surface area contributed by atoms with E-state index in [1.165, 1.54) is 24.0 Å². The standard InChI is InChI=1S/C15H18N2O/c1-17(15(18)7-4-10-16)14-9-8-12-5-2-3-6-13(12)11-14/h8-9,11H,2-7H2,1H3. The van der Waals surface area contributed by atoms with Crippen LogP contribution in [0.5, 0.6) is 0 Å². The maximum atomic E-state index is 11.8. The van der Waals surface area contributed by atoms with Gasteiger partial charge in [-0.2, -0.15) is 5.26 Å². The molecule has 0 aliphatic heterocycles. The monoisotopic (exact) mass is 242 g/mol. The smallest absolute Gasteiger partial charge is 0.227 e. The lowest BCUT2D eigenvalue weighted by Gasteiger charge is -2.21. The molecule has 0 heterocycles. The zero-order chi connectivity index (χ0) is 13.0. The second-order valence-corrected chi connectivity index (χ2v) is 4.77. The summed E-state index contributed by atoms with van der Waals surface area (Å²) in [6.07, 6.45) is 5.36. The number of aryl methyl sites for hydroxylation is 2. The Hall–Kier alpha value is -1.82. The molecule has 94 valence electrons. The zero-order valence-corrected chi connectivity index (χ0v) is 10.8. The van der Waals surface area contributed by atoms with Crippen molar-refractivity contribution in [2.24, 2.45) is 0 Å². The van der Waals surface area contributed by atoms with Crippen molar-refractivity contribution in [3.63, 3.8) is 0 Å². The van der Waals surface area contributed by atoms with Crippen molar-refractivity contribution < 1.29 is 4.79 Å². The molecule has 2 rings (SSSR count). The van der Waals surface area contributed by atoms with Crippen LogP contribution in [-0.4, -0.2) is 13.0 Å². The number of nitrogens with zero attached hydrogens (tertiary/aromatic N) is 2. The maximum Gasteiger partial charge on any atom is 0.227 e. The predicted octanol–water partition coefficient (Wildman–Crippen LogP) is 2.83. The van der Waals surface area contributed by atoms with Crippen LogP contribution in [0.3, 0.4) is 0 Å². The molecule has 1 aromatic carbocycles. The Morgan fingerprint density at radius 2 is 2.06 bits per heavy atom. The van der Waals surface area contributed by atoms with Crippen LogP contribution in [0.4, 0.5) is 5.69 Å². The first kappa shape index (κ1) is 12.6. The minimum Gasteiger partial charge on any atom is -0.315 e. The third-order valence-corrected chi connectivity index (χ3v) is 3.54. The van der Waals surface area contributed by atoms with E-state index in [1.807, 2.05) is 12.1 Å². The molecule has 0 atom stereocenters. The molecule has 18 heavy (non-hydrogen) atoms. The third kappa shape index (κ3) is 2.70. The number of amides is 1. The predicted molar refractivity (Wildman–Crippen MR) is 71.3 cm³/mol. The van der Waals surface area contributed by atoms with E-state index in [-0.39, 0.29) is 12.3 Å². The molecular formula is C15H18N2O. The highest BCUT2D eigenvalue weighted by molar-refractivity contribution is 5.93. The molecule has 1 aliphatic carbocycles. The summed E-state index contributed by atoms with van der Waals surface area (Å²) >= 11 is 0. The van der Waals surface area contributed by atoms with E-state index in [0.717, 1.165) is 18.5 Å². The minimum absolute atomic E-state index is 0.00677. The number of rotatable bonds is 3. The van der Waals surface area contributed by atoms with Crippen molar-refractivity contribution in [1.82, 2.24) is 0 Å². The van der Waals surface area contributed by atoms with Crippen molar-refractivity contribution in [3.8, 4) is 6.07 Å². The Morgan fingerprint density at radius 3 is 2.78 bits per heavy atom. The number of fused-ring (bicyclic) bond motifs is 1. The highest BCUT2D eigenvalue weighted by Crippen LogP contribution is 2.26. The zero-order valence-electron chi connectivity index (χ0n) is 10.8. The average Bonchev–Trinajstić information content (AvgIpc) is 2.43. The second kappa shape index (κ2) is 5.68. The van der Waals surface area contributed by atoms with Crippen molar-refractivity contribution in [3.05, 3.63) is 29.3 Å². The molecular weight excluding hydrogens is 224 g/mol. The Bertz CT molecular complexity index is 488. The summed E-state index contributed by atoms with van der Waals surface area (Å²) in [6.45, 7) is 0. The Labute approximate surface area is 108 Å². The molecule has 0 N–H and O–H groups in total. The van der Waals surface area contributed by atoms with Gasteiger partial charge in [-0.3, -0.25) is 4.79 Å². The Kier molecular flexibility index (Phi) is 3.99.